The number of fused-ring (bicyclic) bond motifs is 4. The molecular weight excluding hydrogens is 380 g/mol. The summed E-state index contributed by atoms with van der Waals surface area (Å²) >= 11 is 0. The number of phenols is 1. The molecule has 4 heterocycles. The van der Waals surface area contributed by atoms with Gasteiger partial charge in [0.05, 0.1) is 17.8 Å². The zero-order valence-electron chi connectivity index (χ0n) is 15.8. The molecule has 0 radical (unpaired) electrons. The van der Waals surface area contributed by atoms with Crippen molar-refractivity contribution in [3.05, 3.63) is 83.9 Å². The van der Waals surface area contributed by atoms with Crippen LogP contribution in [0.2, 0.25) is 0 Å². The first-order valence-electron chi connectivity index (χ1n) is 9.64. The van der Waals surface area contributed by atoms with Gasteiger partial charge in [0.2, 0.25) is 11.8 Å². The van der Waals surface area contributed by atoms with Crippen LogP contribution >= 0.6 is 0 Å². The average molecular weight is 396 g/mol. The van der Waals surface area contributed by atoms with Crippen molar-refractivity contribution in [2.45, 2.75) is 18.6 Å². The van der Waals surface area contributed by atoms with E-state index in [1.165, 1.54) is 5.56 Å². The Morgan fingerprint density at radius 3 is 2.97 bits per heavy atom. The van der Waals surface area contributed by atoms with Crippen LogP contribution in [0.5, 0.6) is 17.4 Å². The lowest BCUT2D eigenvalue weighted by Crippen LogP contribution is -2.08. The predicted molar refractivity (Wildman–Crippen MR) is 110 cm³/mol. The van der Waals surface area contributed by atoms with Crippen LogP contribution in [0.15, 0.2) is 72.2 Å². The van der Waals surface area contributed by atoms with E-state index in [4.69, 9.17) is 14.5 Å². The largest absolute Gasteiger partial charge is 0.506 e. The molecule has 1 aliphatic heterocycles. The van der Waals surface area contributed by atoms with Gasteiger partial charge in [-0.25, -0.2) is 9.98 Å². The Bertz CT molecular complexity index is 1320. The van der Waals surface area contributed by atoms with Crippen molar-refractivity contribution in [1.82, 2.24) is 15.0 Å². The first-order chi connectivity index (χ1) is 14.7. The molecule has 0 fully saturated rings. The van der Waals surface area contributed by atoms with E-state index in [0.717, 1.165) is 22.9 Å². The Morgan fingerprint density at radius 2 is 2.00 bits per heavy atom. The maximum absolute atomic E-state index is 10.0. The molecule has 7 nitrogen and oxygen atoms in total. The first-order valence-corrected chi connectivity index (χ1v) is 9.64. The lowest BCUT2D eigenvalue weighted by atomic mass is 10.1. The molecule has 4 aromatic rings. The van der Waals surface area contributed by atoms with Crippen LogP contribution in [0, 0.1) is 0 Å². The van der Waals surface area contributed by atoms with Gasteiger partial charge in [0.1, 0.15) is 23.1 Å². The standard InChI is InChI=1S/C23H16N4O3/c28-19-3-1-2-13-4-5-20(27-21(13)19)29-16-8-15(11-25-12-16)23-26-18-9-14-10-24-7-6-17(14)22(18)30-23/h1-8,10-12,18,22,28H,9H2/t18-,22+/m0/s1. The van der Waals surface area contributed by atoms with Gasteiger partial charge < -0.3 is 14.6 Å². The number of phenolic OH excluding ortho intramolecular Hbond substituents is 1. The first kappa shape index (κ1) is 16.9. The summed E-state index contributed by atoms with van der Waals surface area (Å²) in [6.07, 6.45) is 7.74. The SMILES string of the molecule is Oc1cccc2ccc(Oc3cncc(C4=N[C@H]5Cc6cnccc6[C@H]5O4)c3)nc12. The van der Waals surface area contributed by atoms with E-state index in [-0.39, 0.29) is 17.9 Å². The maximum Gasteiger partial charge on any atom is 0.220 e. The van der Waals surface area contributed by atoms with Crippen molar-refractivity contribution in [2.75, 3.05) is 0 Å². The van der Waals surface area contributed by atoms with Gasteiger partial charge in [-0.15, -0.1) is 0 Å². The second-order valence-electron chi connectivity index (χ2n) is 7.33. The van der Waals surface area contributed by atoms with Crippen LogP contribution in [0.3, 0.4) is 0 Å². The Kier molecular flexibility index (Phi) is 3.67. The monoisotopic (exact) mass is 396 g/mol. The molecule has 6 rings (SSSR count). The average Bonchev–Trinajstić information content (AvgIpc) is 3.33. The Balaban J connectivity index is 1.26. The number of ether oxygens (including phenoxy) is 2. The minimum absolute atomic E-state index is 0.0638. The van der Waals surface area contributed by atoms with Gasteiger partial charge in [-0.05, 0) is 29.8 Å². The summed E-state index contributed by atoms with van der Waals surface area (Å²) in [4.78, 5) is 17.6. The summed E-state index contributed by atoms with van der Waals surface area (Å²) in [5, 5.41) is 10.9. The Hall–Kier alpha value is -4.00. The lowest BCUT2D eigenvalue weighted by Gasteiger charge is -2.11. The van der Waals surface area contributed by atoms with E-state index in [2.05, 4.69) is 15.0 Å². The molecule has 0 spiro atoms. The summed E-state index contributed by atoms with van der Waals surface area (Å²) < 4.78 is 12.0. The zero-order valence-corrected chi connectivity index (χ0v) is 15.8. The topological polar surface area (TPSA) is 89.7 Å². The number of aromatic hydroxyl groups is 1. The van der Waals surface area contributed by atoms with Crippen molar-refractivity contribution < 1.29 is 14.6 Å². The quantitative estimate of drug-likeness (QED) is 0.564. The van der Waals surface area contributed by atoms with Gasteiger partial charge in [0.25, 0.3) is 0 Å². The summed E-state index contributed by atoms with van der Waals surface area (Å²) in [6.45, 7) is 0. The van der Waals surface area contributed by atoms with E-state index >= 15 is 0 Å². The third kappa shape index (κ3) is 2.75. The highest BCUT2D eigenvalue weighted by atomic mass is 16.5. The maximum atomic E-state index is 10.0. The molecule has 2 aliphatic rings. The molecule has 1 aromatic carbocycles. The van der Waals surface area contributed by atoms with Crippen molar-refractivity contribution >= 4 is 16.8 Å². The van der Waals surface area contributed by atoms with Gasteiger partial charge >= 0.3 is 0 Å². The molecule has 0 saturated heterocycles. The van der Waals surface area contributed by atoms with Gasteiger partial charge in [0, 0.05) is 42.0 Å². The van der Waals surface area contributed by atoms with Crippen molar-refractivity contribution in [3.8, 4) is 17.4 Å². The minimum atomic E-state index is -0.0762. The summed E-state index contributed by atoms with van der Waals surface area (Å²) in [5.74, 6) is 1.56. The molecular formula is C23H16N4O3. The highest BCUT2D eigenvalue weighted by molar-refractivity contribution is 5.95. The second-order valence-corrected chi connectivity index (χ2v) is 7.33. The Labute approximate surface area is 171 Å². The summed E-state index contributed by atoms with van der Waals surface area (Å²) in [6, 6.07) is 12.8. The summed E-state index contributed by atoms with van der Waals surface area (Å²) in [7, 11) is 0. The normalized spacial score (nSPS) is 19.1. The number of para-hydroxylation sites is 1. The third-order valence-corrected chi connectivity index (χ3v) is 5.40. The second kappa shape index (κ2) is 6.52. The molecule has 30 heavy (non-hydrogen) atoms. The molecule has 3 aromatic heterocycles. The van der Waals surface area contributed by atoms with E-state index in [0.29, 0.717) is 23.0 Å². The van der Waals surface area contributed by atoms with Gasteiger partial charge in [0.15, 0.2) is 0 Å². The molecule has 2 atom stereocenters. The van der Waals surface area contributed by atoms with Crippen LogP contribution in [-0.2, 0) is 11.2 Å². The van der Waals surface area contributed by atoms with Crippen LogP contribution in [0.4, 0.5) is 0 Å². The number of nitrogens with zero attached hydrogens (tertiary/aromatic N) is 4. The molecule has 0 amide bonds. The third-order valence-electron chi connectivity index (χ3n) is 5.40. The molecule has 1 aliphatic carbocycles. The fourth-order valence-corrected chi connectivity index (χ4v) is 4.01. The van der Waals surface area contributed by atoms with Crippen LogP contribution in [0.1, 0.15) is 22.8 Å². The lowest BCUT2D eigenvalue weighted by molar-refractivity contribution is 0.209. The highest BCUT2D eigenvalue weighted by Gasteiger charge is 2.39. The Morgan fingerprint density at radius 1 is 1.03 bits per heavy atom. The molecule has 0 bridgehead atoms. The fourth-order valence-electron chi connectivity index (χ4n) is 4.01. The van der Waals surface area contributed by atoms with Crippen LogP contribution in [-0.4, -0.2) is 32.0 Å². The summed E-state index contributed by atoms with van der Waals surface area (Å²) in [5.41, 5.74) is 3.58. The minimum Gasteiger partial charge on any atom is -0.506 e. The number of pyridine rings is 3. The number of hydrogen-bond acceptors (Lipinski definition) is 7. The van der Waals surface area contributed by atoms with Gasteiger partial charge in [-0.1, -0.05) is 12.1 Å². The molecule has 0 unspecified atom stereocenters. The van der Waals surface area contributed by atoms with Gasteiger partial charge in [-0.3, -0.25) is 9.97 Å². The number of aromatic nitrogens is 3. The van der Waals surface area contributed by atoms with Crippen LogP contribution < -0.4 is 4.74 Å². The highest BCUT2D eigenvalue weighted by Crippen LogP contribution is 2.40. The molecule has 7 heteroatoms. The molecule has 0 saturated carbocycles. The number of aliphatic imine (C=N–C) groups is 1. The predicted octanol–water partition coefficient (Wildman–Crippen LogP) is 3.97. The van der Waals surface area contributed by atoms with Crippen molar-refractivity contribution in [3.63, 3.8) is 0 Å². The van der Waals surface area contributed by atoms with Crippen molar-refractivity contribution in [1.29, 1.82) is 0 Å². The molecule has 146 valence electrons. The van der Waals surface area contributed by atoms with Crippen molar-refractivity contribution in [2.24, 2.45) is 4.99 Å². The number of benzene rings is 1. The van der Waals surface area contributed by atoms with Gasteiger partial charge in [-0.2, -0.15) is 0 Å². The van der Waals surface area contributed by atoms with E-state index < -0.39 is 0 Å². The van der Waals surface area contributed by atoms with Crippen LogP contribution in [0.25, 0.3) is 10.9 Å². The van der Waals surface area contributed by atoms with E-state index in [1.54, 1.807) is 36.8 Å². The zero-order chi connectivity index (χ0) is 20.1. The number of hydrogen-bond donors (Lipinski definition) is 1. The number of rotatable bonds is 3. The van der Waals surface area contributed by atoms with E-state index in [1.807, 2.05) is 30.5 Å². The molecule has 1 N–H and O–H groups in total. The van der Waals surface area contributed by atoms with E-state index in [9.17, 15) is 5.11 Å². The smallest absolute Gasteiger partial charge is 0.220 e. The fraction of sp³-hybridized carbons (Fsp3) is 0.130.